The Morgan fingerprint density at radius 2 is 2.00 bits per heavy atom. The number of fused-ring (bicyclic) bond motifs is 1. The molecule has 2 saturated heterocycles. The fourth-order valence-corrected chi connectivity index (χ4v) is 6.30. The van der Waals surface area contributed by atoms with Gasteiger partial charge in [-0.1, -0.05) is 18.2 Å². The van der Waals surface area contributed by atoms with Crippen molar-refractivity contribution in [2.24, 2.45) is 11.8 Å². The van der Waals surface area contributed by atoms with E-state index in [1.807, 2.05) is 19.1 Å². The van der Waals surface area contributed by atoms with Crippen molar-refractivity contribution in [2.45, 2.75) is 17.9 Å². The molecular weight excluding hydrogens is 367 g/mol. The van der Waals surface area contributed by atoms with Crippen molar-refractivity contribution in [3.05, 3.63) is 59.4 Å². The first-order chi connectivity index (χ1) is 12.9. The van der Waals surface area contributed by atoms with E-state index in [9.17, 15) is 12.8 Å². The molecule has 2 fully saturated rings. The van der Waals surface area contributed by atoms with Crippen molar-refractivity contribution < 1.29 is 17.5 Å². The highest BCUT2D eigenvalue weighted by atomic mass is 32.2. The Labute approximate surface area is 159 Å². The summed E-state index contributed by atoms with van der Waals surface area (Å²) in [6, 6.07) is 11.0. The standard InChI is InChI=1S/C20H23FN2O3S/c1-13-6-7-18(26-2)19(8-13)27(24,25)23-12-15-10-22-11-17(15)20(23)14-4-3-5-16(21)9-14/h3-9,15,17,20,22H,10-12H2,1-2H3/t15-,17-,20+/m0/s1. The van der Waals surface area contributed by atoms with Gasteiger partial charge in [-0.3, -0.25) is 0 Å². The molecule has 2 aromatic rings. The van der Waals surface area contributed by atoms with E-state index < -0.39 is 16.1 Å². The lowest BCUT2D eigenvalue weighted by molar-refractivity contribution is 0.341. The van der Waals surface area contributed by atoms with Gasteiger partial charge in [-0.2, -0.15) is 4.31 Å². The highest BCUT2D eigenvalue weighted by Crippen LogP contribution is 2.46. The second kappa shape index (κ2) is 6.89. The van der Waals surface area contributed by atoms with Gasteiger partial charge in [0.25, 0.3) is 0 Å². The molecular formula is C20H23FN2O3S. The molecule has 0 saturated carbocycles. The molecule has 0 unspecified atom stereocenters. The minimum Gasteiger partial charge on any atom is -0.495 e. The van der Waals surface area contributed by atoms with Crippen molar-refractivity contribution in [1.82, 2.24) is 9.62 Å². The molecule has 0 aromatic heterocycles. The SMILES string of the molecule is COc1ccc(C)cc1S(=O)(=O)N1C[C@@H]2CNC[C@@H]2[C@H]1c1cccc(F)c1. The number of halogens is 1. The summed E-state index contributed by atoms with van der Waals surface area (Å²) in [5, 5.41) is 3.34. The van der Waals surface area contributed by atoms with Crippen LogP contribution in [0.1, 0.15) is 17.2 Å². The molecule has 144 valence electrons. The second-order valence-corrected chi connectivity index (χ2v) is 9.17. The number of hydrogen-bond acceptors (Lipinski definition) is 4. The van der Waals surface area contributed by atoms with Crippen molar-refractivity contribution in [2.75, 3.05) is 26.7 Å². The first kappa shape index (κ1) is 18.4. The predicted molar refractivity (Wildman–Crippen MR) is 101 cm³/mol. The summed E-state index contributed by atoms with van der Waals surface area (Å²) in [7, 11) is -2.33. The van der Waals surface area contributed by atoms with Crippen LogP contribution in [0.15, 0.2) is 47.4 Å². The van der Waals surface area contributed by atoms with Crippen LogP contribution in [0.25, 0.3) is 0 Å². The van der Waals surface area contributed by atoms with E-state index in [0.29, 0.717) is 17.9 Å². The van der Waals surface area contributed by atoms with E-state index in [4.69, 9.17) is 4.74 Å². The first-order valence-electron chi connectivity index (χ1n) is 9.04. The number of nitrogens with zero attached hydrogens (tertiary/aromatic N) is 1. The van der Waals surface area contributed by atoms with Gasteiger partial charge in [0, 0.05) is 13.1 Å². The Bertz CT molecular complexity index is 963. The molecule has 27 heavy (non-hydrogen) atoms. The molecule has 2 aliphatic rings. The van der Waals surface area contributed by atoms with Crippen LogP contribution in [0.5, 0.6) is 5.75 Å². The average Bonchev–Trinajstić information content (AvgIpc) is 3.23. The maximum Gasteiger partial charge on any atom is 0.247 e. The molecule has 0 radical (unpaired) electrons. The molecule has 0 spiro atoms. The molecule has 0 aliphatic carbocycles. The molecule has 2 aromatic carbocycles. The van der Waals surface area contributed by atoms with E-state index in [2.05, 4.69) is 5.32 Å². The van der Waals surface area contributed by atoms with Crippen LogP contribution in [-0.2, 0) is 10.0 Å². The predicted octanol–water partition coefficient (Wildman–Crippen LogP) is 2.72. The number of nitrogens with one attached hydrogen (secondary N) is 1. The summed E-state index contributed by atoms with van der Waals surface area (Å²) >= 11 is 0. The summed E-state index contributed by atoms with van der Waals surface area (Å²) in [5.74, 6) is 0.308. The van der Waals surface area contributed by atoms with Crippen molar-refractivity contribution in [1.29, 1.82) is 0 Å². The highest BCUT2D eigenvalue weighted by molar-refractivity contribution is 7.89. The zero-order chi connectivity index (χ0) is 19.2. The number of aryl methyl sites for hydroxylation is 1. The quantitative estimate of drug-likeness (QED) is 0.872. The van der Waals surface area contributed by atoms with E-state index in [0.717, 1.165) is 18.7 Å². The lowest BCUT2D eigenvalue weighted by Gasteiger charge is -2.28. The minimum absolute atomic E-state index is 0.123. The minimum atomic E-state index is -3.80. The summed E-state index contributed by atoms with van der Waals surface area (Å²) in [6.45, 7) is 3.76. The van der Waals surface area contributed by atoms with Gasteiger partial charge in [-0.15, -0.1) is 0 Å². The molecule has 3 atom stereocenters. The maximum atomic E-state index is 13.9. The fourth-order valence-electron chi connectivity index (χ4n) is 4.34. The number of hydrogen-bond donors (Lipinski definition) is 1. The lowest BCUT2D eigenvalue weighted by Crippen LogP contribution is -2.35. The maximum absolute atomic E-state index is 13.9. The average molecular weight is 390 g/mol. The van der Waals surface area contributed by atoms with Crippen LogP contribution >= 0.6 is 0 Å². The van der Waals surface area contributed by atoms with Gasteiger partial charge in [0.2, 0.25) is 10.0 Å². The Kier molecular flexibility index (Phi) is 4.70. The third-order valence-corrected chi connectivity index (χ3v) is 7.49. The molecule has 2 heterocycles. The van der Waals surface area contributed by atoms with Gasteiger partial charge in [0.15, 0.2) is 0 Å². The third-order valence-electron chi connectivity index (χ3n) is 5.62. The number of benzene rings is 2. The Hall–Kier alpha value is -1.96. The third kappa shape index (κ3) is 3.13. The van der Waals surface area contributed by atoms with Gasteiger partial charge >= 0.3 is 0 Å². The van der Waals surface area contributed by atoms with Crippen molar-refractivity contribution in [3.8, 4) is 5.75 Å². The zero-order valence-electron chi connectivity index (χ0n) is 15.4. The van der Waals surface area contributed by atoms with Crippen molar-refractivity contribution in [3.63, 3.8) is 0 Å². The van der Waals surface area contributed by atoms with Crippen LogP contribution < -0.4 is 10.1 Å². The van der Waals surface area contributed by atoms with E-state index in [1.54, 1.807) is 18.2 Å². The van der Waals surface area contributed by atoms with Crippen LogP contribution in [-0.4, -0.2) is 39.5 Å². The Morgan fingerprint density at radius 1 is 1.19 bits per heavy atom. The number of ether oxygens (including phenoxy) is 1. The summed E-state index contributed by atoms with van der Waals surface area (Å²) in [4.78, 5) is 0.166. The van der Waals surface area contributed by atoms with E-state index >= 15 is 0 Å². The number of rotatable bonds is 4. The second-order valence-electron chi connectivity index (χ2n) is 7.31. The lowest BCUT2D eigenvalue weighted by atomic mass is 9.90. The van der Waals surface area contributed by atoms with Gasteiger partial charge in [0.05, 0.1) is 13.2 Å². The number of sulfonamides is 1. The van der Waals surface area contributed by atoms with Crippen LogP contribution in [0.4, 0.5) is 4.39 Å². The number of methoxy groups -OCH3 is 1. The monoisotopic (exact) mass is 390 g/mol. The fraction of sp³-hybridized carbons (Fsp3) is 0.400. The van der Waals surface area contributed by atoms with Gasteiger partial charge in [0.1, 0.15) is 16.5 Å². The molecule has 5 nitrogen and oxygen atoms in total. The smallest absolute Gasteiger partial charge is 0.247 e. The summed E-state index contributed by atoms with van der Waals surface area (Å²) < 4.78 is 47.9. The normalized spacial score (nSPS) is 25.5. The molecule has 4 rings (SSSR count). The van der Waals surface area contributed by atoms with Gasteiger partial charge in [-0.25, -0.2) is 12.8 Å². The van der Waals surface area contributed by atoms with Crippen molar-refractivity contribution >= 4 is 10.0 Å². The summed E-state index contributed by atoms with van der Waals surface area (Å²) in [5.41, 5.74) is 1.54. The molecule has 0 amide bonds. The topological polar surface area (TPSA) is 58.6 Å². The highest BCUT2D eigenvalue weighted by Gasteiger charge is 2.50. The zero-order valence-corrected chi connectivity index (χ0v) is 16.2. The molecule has 0 bridgehead atoms. The van der Waals surface area contributed by atoms with Crippen LogP contribution in [0, 0.1) is 24.6 Å². The molecule has 7 heteroatoms. The van der Waals surface area contributed by atoms with Crippen LogP contribution in [0.2, 0.25) is 0 Å². The summed E-state index contributed by atoms with van der Waals surface area (Å²) in [6.07, 6.45) is 0. The largest absolute Gasteiger partial charge is 0.495 e. The first-order valence-corrected chi connectivity index (χ1v) is 10.5. The van der Waals surface area contributed by atoms with Gasteiger partial charge in [-0.05, 0) is 60.7 Å². The van der Waals surface area contributed by atoms with E-state index in [-0.39, 0.29) is 22.5 Å². The van der Waals surface area contributed by atoms with Gasteiger partial charge < -0.3 is 10.1 Å². The van der Waals surface area contributed by atoms with Crippen LogP contribution in [0.3, 0.4) is 0 Å². The Morgan fingerprint density at radius 3 is 2.74 bits per heavy atom. The molecule has 2 aliphatic heterocycles. The van der Waals surface area contributed by atoms with E-state index in [1.165, 1.54) is 23.5 Å². The molecule has 1 N–H and O–H groups in total. The Balaban J connectivity index is 1.82.